The molecule has 2 aliphatic rings. The quantitative estimate of drug-likeness (QED) is 0.640. The van der Waals surface area contributed by atoms with E-state index in [4.69, 9.17) is 4.74 Å². The Kier molecular flexibility index (Phi) is 2.13. The number of hydrogen-bond donors (Lipinski definition) is 0. The number of likely N-dealkylation sites (N-methyl/N-ethyl adjacent to an activating group) is 1. The van der Waals surface area contributed by atoms with Crippen molar-refractivity contribution < 1.29 is 4.74 Å². The molecule has 3 rings (SSSR count). The van der Waals surface area contributed by atoms with E-state index in [1.807, 2.05) is 12.3 Å². The first-order valence-electron chi connectivity index (χ1n) is 5.61. The van der Waals surface area contributed by atoms with Crippen LogP contribution in [0.25, 0.3) is 0 Å². The number of fused-ring (bicyclic) bond motifs is 3. The molecule has 0 unspecified atom stereocenters. The first-order chi connectivity index (χ1) is 7.34. The van der Waals surface area contributed by atoms with Gasteiger partial charge in [-0.15, -0.1) is 0 Å². The third kappa shape index (κ3) is 1.51. The molecule has 0 saturated carbocycles. The first-order valence-corrected chi connectivity index (χ1v) is 5.61. The monoisotopic (exact) mass is 204 g/mol. The highest BCUT2D eigenvalue weighted by atomic mass is 16.5. The largest absolute Gasteiger partial charge is 0.477 e. The Labute approximate surface area is 90.1 Å². The summed E-state index contributed by atoms with van der Waals surface area (Å²) in [6, 6.07) is 4.19. The molecule has 1 saturated heterocycles. The van der Waals surface area contributed by atoms with Crippen LogP contribution in [0, 0.1) is 5.92 Å². The summed E-state index contributed by atoms with van der Waals surface area (Å²) < 4.78 is 5.69. The Morgan fingerprint density at radius 1 is 1.47 bits per heavy atom. The van der Waals surface area contributed by atoms with Gasteiger partial charge in [-0.05, 0) is 25.5 Å². The van der Waals surface area contributed by atoms with Gasteiger partial charge in [-0.2, -0.15) is 0 Å². The third-order valence-corrected chi connectivity index (χ3v) is 3.55. The number of hydrogen-bond acceptors (Lipinski definition) is 3. The zero-order valence-corrected chi connectivity index (χ0v) is 9.02. The highest BCUT2D eigenvalue weighted by Gasteiger charge is 2.35. The summed E-state index contributed by atoms with van der Waals surface area (Å²) in [5.41, 5.74) is 1.31. The SMILES string of the molecule is CN1C[C@@H]2CCOc3ncccc3[C@H]2C1. The van der Waals surface area contributed by atoms with Crippen molar-refractivity contribution >= 4 is 0 Å². The molecule has 15 heavy (non-hydrogen) atoms. The number of aromatic nitrogens is 1. The molecule has 1 aromatic heterocycles. The summed E-state index contributed by atoms with van der Waals surface area (Å²) in [5.74, 6) is 2.24. The Bertz CT molecular complexity index is 366. The van der Waals surface area contributed by atoms with Gasteiger partial charge in [0.15, 0.2) is 0 Å². The van der Waals surface area contributed by atoms with Gasteiger partial charge in [-0.1, -0.05) is 6.07 Å². The van der Waals surface area contributed by atoms with Crippen molar-refractivity contribution in [1.29, 1.82) is 0 Å². The van der Waals surface area contributed by atoms with E-state index < -0.39 is 0 Å². The van der Waals surface area contributed by atoms with Crippen molar-refractivity contribution in [2.45, 2.75) is 12.3 Å². The van der Waals surface area contributed by atoms with Crippen LogP contribution >= 0.6 is 0 Å². The molecule has 3 heteroatoms. The van der Waals surface area contributed by atoms with E-state index >= 15 is 0 Å². The van der Waals surface area contributed by atoms with Crippen molar-refractivity contribution in [3.8, 4) is 5.88 Å². The average Bonchev–Trinajstić information content (AvgIpc) is 2.52. The molecule has 1 fully saturated rings. The van der Waals surface area contributed by atoms with Gasteiger partial charge in [-0.3, -0.25) is 0 Å². The van der Waals surface area contributed by atoms with Gasteiger partial charge >= 0.3 is 0 Å². The molecule has 2 aliphatic heterocycles. The normalized spacial score (nSPS) is 30.2. The van der Waals surface area contributed by atoms with Crippen LogP contribution in [0.2, 0.25) is 0 Å². The average molecular weight is 204 g/mol. The second kappa shape index (κ2) is 3.49. The fourth-order valence-corrected chi connectivity index (χ4v) is 2.84. The van der Waals surface area contributed by atoms with Crippen molar-refractivity contribution in [2.75, 3.05) is 26.7 Å². The molecule has 0 spiro atoms. The summed E-state index contributed by atoms with van der Waals surface area (Å²) >= 11 is 0. The molecule has 3 nitrogen and oxygen atoms in total. The minimum Gasteiger partial charge on any atom is -0.477 e. The molecule has 0 aromatic carbocycles. The molecule has 0 radical (unpaired) electrons. The van der Waals surface area contributed by atoms with Crippen LogP contribution in [-0.2, 0) is 0 Å². The Balaban J connectivity index is 2.01. The summed E-state index contributed by atoms with van der Waals surface area (Å²) in [7, 11) is 2.20. The molecule has 2 atom stereocenters. The summed E-state index contributed by atoms with van der Waals surface area (Å²) in [6.45, 7) is 3.16. The number of pyridine rings is 1. The molecule has 80 valence electrons. The molecule has 0 amide bonds. The standard InChI is InChI=1S/C12H16N2O/c1-14-7-9-4-6-15-12-10(11(9)8-14)3-2-5-13-12/h2-3,5,9,11H,4,6-8H2,1H3/t9-,11-/m0/s1. The van der Waals surface area contributed by atoms with E-state index in [2.05, 4.69) is 23.0 Å². The van der Waals surface area contributed by atoms with Crippen LogP contribution in [0.4, 0.5) is 0 Å². The summed E-state index contributed by atoms with van der Waals surface area (Å²) in [5, 5.41) is 0. The molecular formula is C12H16N2O. The minimum atomic E-state index is 0.626. The minimum absolute atomic E-state index is 0.626. The summed E-state index contributed by atoms with van der Waals surface area (Å²) in [6.07, 6.45) is 2.98. The predicted octanol–water partition coefficient (Wildman–Crippen LogP) is 1.51. The Morgan fingerprint density at radius 2 is 2.40 bits per heavy atom. The van der Waals surface area contributed by atoms with E-state index in [0.29, 0.717) is 5.92 Å². The number of likely N-dealkylation sites (tertiary alicyclic amines) is 1. The van der Waals surface area contributed by atoms with Crippen molar-refractivity contribution in [1.82, 2.24) is 9.88 Å². The molecule has 1 aromatic rings. The van der Waals surface area contributed by atoms with Crippen LogP contribution in [0.1, 0.15) is 17.9 Å². The van der Waals surface area contributed by atoms with Crippen molar-refractivity contribution in [3.63, 3.8) is 0 Å². The van der Waals surface area contributed by atoms with E-state index in [0.717, 1.165) is 31.4 Å². The maximum absolute atomic E-state index is 5.69. The second-order valence-corrected chi connectivity index (χ2v) is 4.62. The zero-order valence-electron chi connectivity index (χ0n) is 9.02. The molecule has 3 heterocycles. The zero-order chi connectivity index (χ0) is 10.3. The van der Waals surface area contributed by atoms with E-state index in [-0.39, 0.29) is 0 Å². The highest BCUT2D eigenvalue weighted by Crippen LogP contribution is 2.39. The predicted molar refractivity (Wildman–Crippen MR) is 58.1 cm³/mol. The lowest BCUT2D eigenvalue weighted by atomic mass is 9.88. The molecule has 0 aliphatic carbocycles. The van der Waals surface area contributed by atoms with Crippen LogP contribution in [0.5, 0.6) is 5.88 Å². The van der Waals surface area contributed by atoms with Gasteiger partial charge in [-0.25, -0.2) is 4.98 Å². The van der Waals surface area contributed by atoms with Gasteiger partial charge < -0.3 is 9.64 Å². The smallest absolute Gasteiger partial charge is 0.216 e. The number of nitrogens with zero attached hydrogens (tertiary/aromatic N) is 2. The van der Waals surface area contributed by atoms with E-state index in [9.17, 15) is 0 Å². The van der Waals surface area contributed by atoms with Gasteiger partial charge in [0.1, 0.15) is 0 Å². The van der Waals surface area contributed by atoms with Gasteiger partial charge in [0.05, 0.1) is 6.61 Å². The summed E-state index contributed by atoms with van der Waals surface area (Å²) in [4.78, 5) is 6.74. The van der Waals surface area contributed by atoms with Crippen molar-refractivity contribution in [3.05, 3.63) is 23.9 Å². The van der Waals surface area contributed by atoms with Crippen LogP contribution in [0.3, 0.4) is 0 Å². The Hall–Kier alpha value is -1.09. The van der Waals surface area contributed by atoms with Crippen LogP contribution < -0.4 is 4.74 Å². The fraction of sp³-hybridized carbons (Fsp3) is 0.583. The maximum Gasteiger partial charge on any atom is 0.216 e. The Morgan fingerprint density at radius 3 is 3.33 bits per heavy atom. The highest BCUT2D eigenvalue weighted by molar-refractivity contribution is 5.32. The number of ether oxygens (including phenoxy) is 1. The maximum atomic E-state index is 5.69. The topological polar surface area (TPSA) is 25.4 Å². The van der Waals surface area contributed by atoms with Gasteiger partial charge in [0.25, 0.3) is 0 Å². The van der Waals surface area contributed by atoms with Gasteiger partial charge in [0.2, 0.25) is 5.88 Å². The lowest BCUT2D eigenvalue weighted by Crippen LogP contribution is -2.15. The van der Waals surface area contributed by atoms with Crippen LogP contribution in [0.15, 0.2) is 18.3 Å². The third-order valence-electron chi connectivity index (χ3n) is 3.55. The molecule has 0 N–H and O–H groups in total. The first kappa shape index (κ1) is 9.16. The van der Waals surface area contributed by atoms with E-state index in [1.54, 1.807) is 0 Å². The van der Waals surface area contributed by atoms with Crippen molar-refractivity contribution in [2.24, 2.45) is 5.92 Å². The van der Waals surface area contributed by atoms with E-state index in [1.165, 1.54) is 12.1 Å². The fourth-order valence-electron chi connectivity index (χ4n) is 2.84. The second-order valence-electron chi connectivity index (χ2n) is 4.62. The van der Waals surface area contributed by atoms with Crippen LogP contribution in [-0.4, -0.2) is 36.6 Å². The lowest BCUT2D eigenvalue weighted by Gasteiger charge is -2.14. The molecule has 0 bridgehead atoms. The molecular weight excluding hydrogens is 188 g/mol. The lowest BCUT2D eigenvalue weighted by molar-refractivity contribution is 0.278. The van der Waals surface area contributed by atoms with Gasteiger partial charge in [0, 0.05) is 30.8 Å². The number of rotatable bonds is 0.